The number of hydrogen-bond donors (Lipinski definition) is 0. The van der Waals surface area contributed by atoms with Crippen LogP contribution in [0.5, 0.6) is 0 Å². The van der Waals surface area contributed by atoms with E-state index in [0.29, 0.717) is 0 Å². The van der Waals surface area contributed by atoms with E-state index in [1.54, 1.807) is 0 Å². The molecule has 78 valence electrons. The van der Waals surface area contributed by atoms with Gasteiger partial charge >= 0.3 is 0 Å². The molecule has 1 aromatic carbocycles. The van der Waals surface area contributed by atoms with Gasteiger partial charge in [-0.1, -0.05) is 29.8 Å². The second-order valence-corrected chi connectivity index (χ2v) is 6.60. The predicted octanol–water partition coefficient (Wildman–Crippen LogP) is 3.64. The van der Waals surface area contributed by atoms with Crippen LogP contribution in [0.3, 0.4) is 0 Å². The second-order valence-electron chi connectivity index (χ2n) is 4.14. The summed E-state index contributed by atoms with van der Waals surface area (Å²) in [5.74, 6) is 3.66. The summed E-state index contributed by atoms with van der Waals surface area (Å²) in [7, 11) is -2.38. The zero-order valence-corrected chi connectivity index (χ0v) is 10.2. The molecule has 0 N–H and O–H groups in total. The Kier molecular flexibility index (Phi) is 2.44. The summed E-state index contributed by atoms with van der Waals surface area (Å²) in [5, 5.41) is 1.01. The topological polar surface area (TPSA) is 17.1 Å². The lowest BCUT2D eigenvalue weighted by Crippen LogP contribution is -2.10. The molecule has 1 nitrogen and oxygen atoms in total. The van der Waals surface area contributed by atoms with Crippen LogP contribution in [0.4, 0.5) is 0 Å². The molecule has 1 heterocycles. The van der Waals surface area contributed by atoms with Crippen LogP contribution in [0, 0.1) is 20.8 Å². The van der Waals surface area contributed by atoms with Crippen molar-refractivity contribution in [2.45, 2.75) is 20.8 Å². The first-order valence-corrected chi connectivity index (χ1v) is 6.92. The molecule has 0 bridgehead atoms. The maximum atomic E-state index is 12.6. The number of aryl methyl sites for hydroxylation is 3. The van der Waals surface area contributed by atoms with Gasteiger partial charge in [0.2, 0.25) is 0 Å². The van der Waals surface area contributed by atoms with Crippen LogP contribution >= 0.6 is 7.14 Å². The summed E-state index contributed by atoms with van der Waals surface area (Å²) in [4.78, 5) is 0. The molecule has 0 aliphatic carbocycles. The van der Waals surface area contributed by atoms with Crippen LogP contribution in [-0.2, 0) is 4.57 Å². The Labute approximate surface area is 90.9 Å². The fourth-order valence-electron chi connectivity index (χ4n) is 2.28. The van der Waals surface area contributed by atoms with Crippen molar-refractivity contribution < 1.29 is 4.57 Å². The minimum Gasteiger partial charge on any atom is -0.310 e. The molecule has 15 heavy (non-hydrogen) atoms. The summed E-state index contributed by atoms with van der Waals surface area (Å²) in [6.45, 7) is 6.14. The van der Waals surface area contributed by atoms with E-state index < -0.39 is 7.14 Å². The quantitative estimate of drug-likeness (QED) is 0.658. The summed E-state index contributed by atoms with van der Waals surface area (Å²) in [5.41, 5.74) is 3.49. The molecule has 1 aliphatic heterocycles. The zero-order valence-electron chi connectivity index (χ0n) is 9.32. The van der Waals surface area contributed by atoms with Crippen LogP contribution in [0.2, 0.25) is 0 Å². The standard InChI is InChI=1S/C13H15OP/c1-10-8-11(2)13(12(3)9-10)15(14)6-4-5-7-15/h4-9H,1-3H3. The van der Waals surface area contributed by atoms with Gasteiger partial charge in [-0.2, -0.15) is 0 Å². The third kappa shape index (κ3) is 1.72. The van der Waals surface area contributed by atoms with E-state index in [0.717, 1.165) is 16.4 Å². The third-order valence-corrected chi connectivity index (χ3v) is 5.35. The van der Waals surface area contributed by atoms with Crippen molar-refractivity contribution in [2.75, 3.05) is 0 Å². The van der Waals surface area contributed by atoms with E-state index in [-0.39, 0.29) is 0 Å². The highest BCUT2D eigenvalue weighted by molar-refractivity contribution is 7.77. The SMILES string of the molecule is Cc1cc(C)c(P2(=O)C=CC=C2)c(C)c1. The molecule has 0 radical (unpaired) electrons. The Morgan fingerprint density at radius 2 is 1.40 bits per heavy atom. The van der Waals surface area contributed by atoms with Crippen molar-refractivity contribution in [3.05, 3.63) is 52.6 Å². The second kappa shape index (κ2) is 3.50. The smallest absolute Gasteiger partial charge is 0.157 e. The maximum Gasteiger partial charge on any atom is 0.157 e. The lowest BCUT2D eigenvalue weighted by Gasteiger charge is -2.15. The maximum absolute atomic E-state index is 12.6. The van der Waals surface area contributed by atoms with Crippen LogP contribution in [0.15, 0.2) is 35.9 Å². The van der Waals surface area contributed by atoms with E-state index in [1.807, 2.05) is 37.6 Å². The first kappa shape index (κ1) is 10.4. The number of rotatable bonds is 1. The molecular formula is C13H15OP. The molecule has 0 atom stereocenters. The van der Waals surface area contributed by atoms with Gasteiger partial charge in [-0.05, 0) is 43.5 Å². The van der Waals surface area contributed by atoms with Crippen LogP contribution in [-0.4, -0.2) is 0 Å². The van der Waals surface area contributed by atoms with Gasteiger partial charge in [0.1, 0.15) is 0 Å². The van der Waals surface area contributed by atoms with Crippen molar-refractivity contribution >= 4 is 12.4 Å². The molecule has 0 fully saturated rings. The van der Waals surface area contributed by atoms with Gasteiger partial charge in [0.25, 0.3) is 0 Å². The Hall–Kier alpha value is -1.07. The normalized spacial score (nSPS) is 17.3. The molecule has 1 aliphatic rings. The lowest BCUT2D eigenvalue weighted by atomic mass is 10.1. The summed E-state index contributed by atoms with van der Waals surface area (Å²) in [6.07, 6.45) is 3.75. The van der Waals surface area contributed by atoms with E-state index in [9.17, 15) is 4.57 Å². The number of allylic oxidation sites excluding steroid dienone is 2. The average Bonchev–Trinajstić information content (AvgIpc) is 2.50. The Morgan fingerprint density at radius 1 is 0.933 bits per heavy atom. The van der Waals surface area contributed by atoms with Gasteiger partial charge in [-0.15, -0.1) is 0 Å². The van der Waals surface area contributed by atoms with Gasteiger partial charge < -0.3 is 4.57 Å². The lowest BCUT2D eigenvalue weighted by molar-refractivity contribution is 0.592. The van der Waals surface area contributed by atoms with E-state index >= 15 is 0 Å². The largest absolute Gasteiger partial charge is 0.310 e. The fourth-order valence-corrected chi connectivity index (χ4v) is 4.62. The molecule has 0 amide bonds. The highest BCUT2D eigenvalue weighted by Crippen LogP contribution is 2.52. The molecule has 0 aromatic heterocycles. The molecule has 2 heteroatoms. The number of hydrogen-bond acceptors (Lipinski definition) is 1. The summed E-state index contributed by atoms with van der Waals surface area (Å²) in [6, 6.07) is 4.20. The Morgan fingerprint density at radius 3 is 1.87 bits per heavy atom. The molecule has 0 unspecified atom stereocenters. The van der Waals surface area contributed by atoms with Gasteiger partial charge in [0.15, 0.2) is 7.14 Å². The van der Waals surface area contributed by atoms with Gasteiger partial charge in [0.05, 0.1) is 0 Å². The molecule has 0 spiro atoms. The van der Waals surface area contributed by atoms with Crippen molar-refractivity contribution in [1.82, 2.24) is 0 Å². The van der Waals surface area contributed by atoms with Crippen LogP contribution < -0.4 is 5.30 Å². The monoisotopic (exact) mass is 218 g/mol. The molecular weight excluding hydrogens is 203 g/mol. The van der Waals surface area contributed by atoms with Gasteiger partial charge in [0, 0.05) is 5.30 Å². The van der Waals surface area contributed by atoms with Crippen molar-refractivity contribution in [2.24, 2.45) is 0 Å². The van der Waals surface area contributed by atoms with Gasteiger partial charge in [-0.25, -0.2) is 0 Å². The van der Waals surface area contributed by atoms with Crippen molar-refractivity contribution in [3.63, 3.8) is 0 Å². The van der Waals surface area contributed by atoms with Crippen molar-refractivity contribution in [3.8, 4) is 0 Å². The average molecular weight is 218 g/mol. The molecule has 0 saturated heterocycles. The zero-order chi connectivity index (χ0) is 11.1. The van der Waals surface area contributed by atoms with E-state index in [2.05, 4.69) is 19.1 Å². The van der Waals surface area contributed by atoms with Crippen LogP contribution in [0.25, 0.3) is 0 Å². The third-order valence-electron chi connectivity index (χ3n) is 2.71. The molecule has 2 rings (SSSR count). The Balaban J connectivity index is 2.68. The highest BCUT2D eigenvalue weighted by atomic mass is 31.2. The number of benzene rings is 1. The van der Waals surface area contributed by atoms with Gasteiger partial charge in [-0.3, -0.25) is 0 Å². The predicted molar refractivity (Wildman–Crippen MR) is 66.2 cm³/mol. The van der Waals surface area contributed by atoms with Crippen LogP contribution in [0.1, 0.15) is 16.7 Å². The minimum absolute atomic E-state index is 1.01. The Bertz CT molecular complexity index is 470. The van der Waals surface area contributed by atoms with E-state index in [1.165, 1.54) is 5.56 Å². The molecule has 1 aromatic rings. The first-order valence-electron chi connectivity index (χ1n) is 5.08. The minimum atomic E-state index is -2.38. The summed E-state index contributed by atoms with van der Waals surface area (Å²) < 4.78 is 12.6. The fraction of sp³-hybridized carbons (Fsp3) is 0.231. The summed E-state index contributed by atoms with van der Waals surface area (Å²) >= 11 is 0. The van der Waals surface area contributed by atoms with Crippen molar-refractivity contribution in [1.29, 1.82) is 0 Å². The highest BCUT2D eigenvalue weighted by Gasteiger charge is 2.24. The molecule has 0 saturated carbocycles. The first-order chi connectivity index (χ1) is 7.03. The van der Waals surface area contributed by atoms with E-state index in [4.69, 9.17) is 0 Å².